The van der Waals surface area contributed by atoms with Gasteiger partial charge in [-0.15, -0.1) is 0 Å². The minimum absolute atomic E-state index is 0.0367. The highest BCUT2D eigenvalue weighted by Gasteiger charge is 2.13. The second-order valence-corrected chi connectivity index (χ2v) is 5.38. The quantitative estimate of drug-likeness (QED) is 0.510. The van der Waals surface area contributed by atoms with E-state index in [9.17, 15) is 9.90 Å². The third-order valence-corrected chi connectivity index (χ3v) is 3.56. The Morgan fingerprint density at radius 1 is 1.47 bits per heavy atom. The number of benzene rings is 1. The topological polar surface area (TPSA) is 59.7 Å². The molecule has 1 N–H and O–H groups in total. The number of rotatable bonds is 3. The first-order valence-corrected chi connectivity index (χ1v) is 6.78. The van der Waals surface area contributed by atoms with Gasteiger partial charge >= 0.3 is 5.63 Å². The second-order valence-electron chi connectivity index (χ2n) is 4.30. The smallest absolute Gasteiger partial charge is 0.336 e. The Morgan fingerprint density at radius 3 is 2.89 bits per heavy atom. The lowest BCUT2D eigenvalue weighted by Crippen LogP contribution is -1.99. The van der Waals surface area contributed by atoms with Crippen LogP contribution in [0.25, 0.3) is 11.0 Å². The summed E-state index contributed by atoms with van der Waals surface area (Å²) in [6.07, 6.45) is 1.93. The maximum absolute atomic E-state index is 11.3. The van der Waals surface area contributed by atoms with Crippen LogP contribution in [-0.4, -0.2) is 11.7 Å². The average molecular weight is 372 g/mol. The number of aromatic hydroxyl groups is 1. The van der Waals surface area contributed by atoms with Crippen LogP contribution in [0.5, 0.6) is 11.5 Å². The van der Waals surface area contributed by atoms with Crippen LogP contribution < -0.4 is 10.4 Å². The number of phenolic OH excluding ortho intramolecular Hbond substituents is 1. The second kappa shape index (κ2) is 5.64. The molecule has 4 nitrogen and oxygen atoms in total. The lowest BCUT2D eigenvalue weighted by Gasteiger charge is -2.09. The van der Waals surface area contributed by atoms with E-state index in [1.54, 1.807) is 6.07 Å². The number of hydrogen-bond acceptors (Lipinski definition) is 4. The van der Waals surface area contributed by atoms with Gasteiger partial charge in [0.25, 0.3) is 0 Å². The van der Waals surface area contributed by atoms with Crippen LogP contribution in [0.3, 0.4) is 0 Å². The summed E-state index contributed by atoms with van der Waals surface area (Å²) in [4.78, 5) is 11.3. The minimum atomic E-state index is -0.453. The monoisotopic (exact) mass is 372 g/mol. The molecule has 0 fully saturated rings. The molecule has 1 aromatic heterocycles. The first kappa shape index (κ1) is 13.9. The van der Waals surface area contributed by atoms with Gasteiger partial charge in [-0.05, 0) is 48.6 Å². The molecule has 2 rings (SSSR count). The van der Waals surface area contributed by atoms with Crippen molar-refractivity contribution < 1.29 is 14.3 Å². The molecule has 0 spiro atoms. The fourth-order valence-electron chi connectivity index (χ4n) is 1.57. The van der Waals surface area contributed by atoms with Crippen LogP contribution in [-0.2, 0) is 0 Å². The Bertz CT molecular complexity index is 696. The zero-order chi connectivity index (χ0) is 14.0. The van der Waals surface area contributed by atoms with Gasteiger partial charge in [0.15, 0.2) is 5.58 Å². The molecular formula is C14H13IO4. The Kier molecular flexibility index (Phi) is 4.14. The van der Waals surface area contributed by atoms with Gasteiger partial charge in [-0.25, -0.2) is 4.79 Å². The molecule has 0 saturated carbocycles. The van der Waals surface area contributed by atoms with Crippen molar-refractivity contribution in [3.05, 3.63) is 43.8 Å². The van der Waals surface area contributed by atoms with E-state index >= 15 is 0 Å². The number of hydrogen-bond donors (Lipinski definition) is 1. The fourth-order valence-corrected chi connectivity index (χ4v) is 2.13. The van der Waals surface area contributed by atoms with Crippen molar-refractivity contribution in [3.8, 4) is 11.5 Å². The molecule has 5 heteroatoms. The molecule has 0 aliphatic carbocycles. The molecule has 0 unspecified atom stereocenters. The number of phenols is 1. The molecule has 1 heterocycles. The van der Waals surface area contributed by atoms with Crippen molar-refractivity contribution in [1.29, 1.82) is 0 Å². The van der Waals surface area contributed by atoms with Crippen molar-refractivity contribution in [3.63, 3.8) is 0 Å². The van der Waals surface area contributed by atoms with Gasteiger partial charge in [0.05, 0.1) is 8.96 Å². The highest BCUT2D eigenvalue weighted by Crippen LogP contribution is 2.35. The number of allylic oxidation sites excluding steroid dienone is 1. The summed E-state index contributed by atoms with van der Waals surface area (Å²) in [5.41, 5.74) is 1.04. The van der Waals surface area contributed by atoms with Gasteiger partial charge in [-0.2, -0.15) is 0 Å². The predicted octanol–water partition coefficient (Wildman–Crippen LogP) is 3.45. The minimum Gasteiger partial charge on any atom is -0.507 e. The van der Waals surface area contributed by atoms with Gasteiger partial charge in [-0.1, -0.05) is 5.57 Å². The van der Waals surface area contributed by atoms with Crippen molar-refractivity contribution in [1.82, 2.24) is 0 Å². The van der Waals surface area contributed by atoms with Crippen LogP contribution >= 0.6 is 22.6 Å². The molecule has 0 atom stereocenters. The molecule has 2 aromatic rings. The van der Waals surface area contributed by atoms with Gasteiger partial charge < -0.3 is 14.3 Å². The lowest BCUT2D eigenvalue weighted by molar-refractivity contribution is 0.362. The van der Waals surface area contributed by atoms with E-state index in [0.717, 1.165) is 5.57 Å². The maximum Gasteiger partial charge on any atom is 0.336 e. The standard InChI is InChI=1S/C14H13IO4/c1-8(2)5-6-18-11-7-10(16)13(15)14-9(11)3-4-12(17)19-14/h3-5,7,16H,6H2,1-2H3. The maximum atomic E-state index is 11.3. The highest BCUT2D eigenvalue weighted by atomic mass is 127. The summed E-state index contributed by atoms with van der Waals surface area (Å²) < 4.78 is 11.2. The predicted molar refractivity (Wildman–Crippen MR) is 81.8 cm³/mol. The van der Waals surface area contributed by atoms with E-state index in [0.29, 0.717) is 26.9 Å². The Hall–Kier alpha value is -1.50. The Morgan fingerprint density at radius 2 is 2.21 bits per heavy atom. The molecule has 100 valence electrons. The van der Waals surface area contributed by atoms with Crippen LogP contribution in [0.4, 0.5) is 0 Å². The molecule has 1 aromatic carbocycles. The highest BCUT2D eigenvalue weighted by molar-refractivity contribution is 14.1. The van der Waals surface area contributed by atoms with E-state index in [1.807, 2.05) is 42.5 Å². The molecule has 0 saturated heterocycles. The summed E-state index contributed by atoms with van der Waals surface area (Å²) in [6.45, 7) is 4.36. The largest absolute Gasteiger partial charge is 0.507 e. The van der Waals surface area contributed by atoms with E-state index < -0.39 is 5.63 Å². The molecule has 0 radical (unpaired) electrons. The van der Waals surface area contributed by atoms with Crippen molar-refractivity contribution in [2.24, 2.45) is 0 Å². The van der Waals surface area contributed by atoms with Crippen molar-refractivity contribution >= 4 is 33.6 Å². The number of ether oxygens (including phenoxy) is 1. The third-order valence-electron chi connectivity index (χ3n) is 2.52. The van der Waals surface area contributed by atoms with E-state index in [2.05, 4.69) is 0 Å². The third kappa shape index (κ3) is 3.09. The first-order valence-electron chi connectivity index (χ1n) is 5.70. The fraction of sp³-hybridized carbons (Fsp3) is 0.214. The number of halogens is 1. The first-order chi connectivity index (χ1) is 8.99. The van der Waals surface area contributed by atoms with Crippen LogP contribution in [0, 0.1) is 3.57 Å². The van der Waals surface area contributed by atoms with Crippen LogP contribution in [0.1, 0.15) is 13.8 Å². The van der Waals surface area contributed by atoms with Gasteiger partial charge in [0, 0.05) is 12.1 Å². The van der Waals surface area contributed by atoms with Crippen molar-refractivity contribution in [2.45, 2.75) is 13.8 Å². The Balaban J connectivity index is 2.52. The summed E-state index contributed by atoms with van der Waals surface area (Å²) in [7, 11) is 0. The zero-order valence-corrected chi connectivity index (χ0v) is 12.7. The van der Waals surface area contributed by atoms with Gasteiger partial charge in [0.2, 0.25) is 0 Å². The normalized spacial score (nSPS) is 10.5. The average Bonchev–Trinajstić information content (AvgIpc) is 2.35. The van der Waals surface area contributed by atoms with Crippen molar-refractivity contribution in [2.75, 3.05) is 6.61 Å². The van der Waals surface area contributed by atoms with E-state index in [1.165, 1.54) is 12.1 Å². The van der Waals surface area contributed by atoms with Gasteiger partial charge in [0.1, 0.15) is 18.1 Å². The Labute approximate surface area is 123 Å². The summed E-state index contributed by atoms with van der Waals surface area (Å²) in [5.74, 6) is 0.531. The van der Waals surface area contributed by atoms with Crippen LogP contribution in [0.2, 0.25) is 0 Å². The van der Waals surface area contributed by atoms with Gasteiger partial charge in [-0.3, -0.25) is 0 Å². The zero-order valence-electron chi connectivity index (χ0n) is 10.6. The molecular weight excluding hydrogens is 359 g/mol. The summed E-state index contributed by atoms with van der Waals surface area (Å²) in [5, 5.41) is 10.5. The molecule has 0 aliphatic rings. The summed E-state index contributed by atoms with van der Waals surface area (Å²) >= 11 is 1.93. The SMILES string of the molecule is CC(C)=CCOc1cc(O)c(I)c2oc(=O)ccc12. The lowest BCUT2D eigenvalue weighted by atomic mass is 10.2. The molecule has 19 heavy (non-hydrogen) atoms. The molecule has 0 bridgehead atoms. The molecule has 0 aliphatic heterocycles. The molecule has 0 amide bonds. The number of fused-ring (bicyclic) bond motifs is 1. The van der Waals surface area contributed by atoms with E-state index in [-0.39, 0.29) is 5.75 Å². The van der Waals surface area contributed by atoms with Crippen LogP contribution in [0.15, 0.2) is 39.1 Å². The van der Waals surface area contributed by atoms with E-state index in [4.69, 9.17) is 9.15 Å². The summed E-state index contributed by atoms with van der Waals surface area (Å²) in [6, 6.07) is 4.51.